The monoisotopic (exact) mass is 472 g/mol. The number of halogens is 1. The molecule has 0 fully saturated rings. The third-order valence-corrected chi connectivity index (χ3v) is 8.25. The minimum atomic E-state index is -3.81. The second-order valence-electron chi connectivity index (χ2n) is 7.90. The van der Waals surface area contributed by atoms with E-state index in [0.29, 0.717) is 30.0 Å². The number of aliphatic hydroxyl groups is 1. The van der Waals surface area contributed by atoms with E-state index in [0.717, 1.165) is 22.3 Å². The molecule has 0 saturated heterocycles. The molecule has 1 N–H and O–H groups in total. The van der Waals surface area contributed by atoms with Crippen molar-refractivity contribution in [1.82, 2.24) is 9.29 Å². The highest BCUT2D eigenvalue weighted by atomic mass is 35.5. The van der Waals surface area contributed by atoms with E-state index in [1.54, 1.807) is 31.3 Å². The predicted octanol–water partition coefficient (Wildman–Crippen LogP) is 5.54. The van der Waals surface area contributed by atoms with Crippen molar-refractivity contribution < 1.29 is 13.5 Å². The van der Waals surface area contributed by atoms with Gasteiger partial charge in [0.25, 0.3) is 0 Å². The number of nitrogens with zero attached hydrogens (tertiary/aromatic N) is 2. The molecule has 1 atom stereocenters. The largest absolute Gasteiger partial charge is 0.396 e. The number of sulfonamides is 1. The van der Waals surface area contributed by atoms with Crippen LogP contribution in [0.4, 0.5) is 0 Å². The third kappa shape index (κ3) is 5.21. The molecular weight excluding hydrogens is 444 g/mol. The number of benzene rings is 2. The van der Waals surface area contributed by atoms with Crippen molar-refractivity contribution in [2.24, 2.45) is 0 Å². The van der Waals surface area contributed by atoms with Gasteiger partial charge < -0.3 is 5.11 Å². The van der Waals surface area contributed by atoms with Crippen LogP contribution in [0.3, 0.4) is 0 Å². The number of aryl methyl sites for hydroxylation is 1. The first-order valence-electron chi connectivity index (χ1n) is 10.7. The molecule has 170 valence electrons. The van der Waals surface area contributed by atoms with Crippen LogP contribution in [0.1, 0.15) is 42.5 Å². The minimum Gasteiger partial charge on any atom is -0.396 e. The highest BCUT2D eigenvalue weighted by molar-refractivity contribution is 7.89. The first kappa shape index (κ1) is 24.4. The van der Waals surface area contributed by atoms with Gasteiger partial charge in [-0.15, -0.1) is 0 Å². The molecular formula is C25H29ClN2O3S. The fraction of sp³-hybridized carbons (Fsp3) is 0.320. The smallest absolute Gasteiger partial charge is 0.243 e. The second kappa shape index (κ2) is 10.6. The zero-order chi connectivity index (χ0) is 23.3. The summed E-state index contributed by atoms with van der Waals surface area (Å²) < 4.78 is 29.0. The van der Waals surface area contributed by atoms with E-state index in [1.165, 1.54) is 4.31 Å². The summed E-state index contributed by atoms with van der Waals surface area (Å²) in [6, 6.07) is 14.5. The molecule has 0 aliphatic heterocycles. The number of rotatable bonds is 9. The van der Waals surface area contributed by atoms with Crippen LogP contribution in [-0.2, 0) is 10.0 Å². The molecule has 0 aliphatic carbocycles. The summed E-state index contributed by atoms with van der Waals surface area (Å²) in [5.74, 6) is 0. The molecule has 3 rings (SSSR count). The maximum Gasteiger partial charge on any atom is 0.243 e. The number of aliphatic hydroxyl groups excluding tert-OH is 1. The molecule has 3 aromatic rings. The number of unbranched alkanes of at least 4 members (excludes halogenated alkanes) is 1. The topological polar surface area (TPSA) is 70.5 Å². The van der Waals surface area contributed by atoms with Gasteiger partial charge in [-0.3, -0.25) is 4.98 Å². The van der Waals surface area contributed by atoms with E-state index in [1.807, 2.05) is 50.4 Å². The third-order valence-electron chi connectivity index (χ3n) is 5.72. The number of pyridine rings is 1. The Bertz CT molecular complexity index is 1180. The number of hydrogen-bond donors (Lipinski definition) is 1. The molecule has 0 saturated carbocycles. The SMILES string of the molecule is Cc1cnccc1-c1cccc([C@H](C)N(CCCCO)S(=O)(=O)c2cccc(Cl)c2C)c1. The van der Waals surface area contributed by atoms with E-state index in [2.05, 4.69) is 4.98 Å². The molecule has 5 nitrogen and oxygen atoms in total. The van der Waals surface area contributed by atoms with Gasteiger partial charge in [0, 0.05) is 36.6 Å². The summed E-state index contributed by atoms with van der Waals surface area (Å²) in [5, 5.41) is 9.65. The summed E-state index contributed by atoms with van der Waals surface area (Å²) in [7, 11) is -3.81. The molecule has 1 heterocycles. The standard InChI is InChI=1S/C25H29ClN2O3S/c1-18-17-27-13-12-23(18)22-9-6-8-21(16-22)20(3)28(14-4-5-15-29)32(30,31)25-11-7-10-24(26)19(25)2/h6-13,16-17,20,29H,4-5,14-15H2,1-3H3/t20-/m0/s1. The average Bonchev–Trinajstić information content (AvgIpc) is 2.78. The van der Waals surface area contributed by atoms with Gasteiger partial charge in [-0.25, -0.2) is 8.42 Å². The lowest BCUT2D eigenvalue weighted by atomic mass is 9.98. The Hall–Kier alpha value is -2.25. The lowest BCUT2D eigenvalue weighted by molar-refractivity contribution is 0.268. The minimum absolute atomic E-state index is 0.0231. The first-order valence-corrected chi connectivity index (χ1v) is 12.5. The molecule has 0 bridgehead atoms. The zero-order valence-corrected chi connectivity index (χ0v) is 20.2. The maximum absolute atomic E-state index is 13.7. The molecule has 0 unspecified atom stereocenters. The van der Waals surface area contributed by atoms with Gasteiger partial charge in [-0.05, 0) is 85.7 Å². The molecule has 2 aromatic carbocycles. The Labute approximate surface area is 195 Å². The van der Waals surface area contributed by atoms with Gasteiger partial charge >= 0.3 is 0 Å². The summed E-state index contributed by atoms with van der Waals surface area (Å²) in [6.45, 7) is 5.95. The summed E-state index contributed by atoms with van der Waals surface area (Å²) in [6.07, 6.45) is 4.66. The van der Waals surface area contributed by atoms with Gasteiger partial charge in [0.05, 0.1) is 4.90 Å². The van der Waals surface area contributed by atoms with Crippen LogP contribution in [0, 0.1) is 13.8 Å². The van der Waals surface area contributed by atoms with Gasteiger partial charge in [0.15, 0.2) is 0 Å². The van der Waals surface area contributed by atoms with Crippen molar-refractivity contribution in [3.05, 3.63) is 82.6 Å². The van der Waals surface area contributed by atoms with Crippen molar-refractivity contribution in [1.29, 1.82) is 0 Å². The second-order valence-corrected chi connectivity index (χ2v) is 10.2. The Morgan fingerprint density at radius 2 is 1.84 bits per heavy atom. The number of aromatic nitrogens is 1. The van der Waals surface area contributed by atoms with E-state index in [-0.39, 0.29) is 11.5 Å². The lowest BCUT2D eigenvalue weighted by Gasteiger charge is -2.30. The molecule has 0 spiro atoms. The fourth-order valence-corrected chi connectivity index (χ4v) is 5.96. The molecule has 0 amide bonds. The average molecular weight is 473 g/mol. The fourth-order valence-electron chi connectivity index (χ4n) is 3.82. The van der Waals surface area contributed by atoms with Crippen molar-refractivity contribution in [2.45, 2.75) is 44.6 Å². The van der Waals surface area contributed by atoms with Crippen LogP contribution < -0.4 is 0 Å². The van der Waals surface area contributed by atoms with Crippen molar-refractivity contribution in [2.75, 3.05) is 13.2 Å². The summed E-state index contributed by atoms with van der Waals surface area (Å²) in [4.78, 5) is 4.37. The maximum atomic E-state index is 13.7. The predicted molar refractivity (Wildman–Crippen MR) is 129 cm³/mol. The highest BCUT2D eigenvalue weighted by Gasteiger charge is 2.31. The summed E-state index contributed by atoms with van der Waals surface area (Å²) >= 11 is 6.23. The van der Waals surface area contributed by atoms with Gasteiger partial charge in [0.2, 0.25) is 10.0 Å². The Morgan fingerprint density at radius 1 is 1.09 bits per heavy atom. The Morgan fingerprint density at radius 3 is 2.56 bits per heavy atom. The van der Waals surface area contributed by atoms with Gasteiger partial charge in [-0.1, -0.05) is 35.9 Å². The van der Waals surface area contributed by atoms with Crippen LogP contribution in [-0.4, -0.2) is 36.0 Å². The Balaban J connectivity index is 2.04. The molecule has 7 heteroatoms. The van der Waals surface area contributed by atoms with Crippen molar-refractivity contribution in [3.8, 4) is 11.1 Å². The van der Waals surface area contributed by atoms with Gasteiger partial charge in [0.1, 0.15) is 0 Å². The van der Waals surface area contributed by atoms with Crippen LogP contribution in [0.5, 0.6) is 0 Å². The number of hydrogen-bond acceptors (Lipinski definition) is 4. The van der Waals surface area contributed by atoms with Crippen LogP contribution in [0.25, 0.3) is 11.1 Å². The van der Waals surface area contributed by atoms with Crippen LogP contribution in [0.15, 0.2) is 65.8 Å². The van der Waals surface area contributed by atoms with E-state index >= 15 is 0 Å². The molecule has 0 aliphatic rings. The van der Waals surface area contributed by atoms with Crippen molar-refractivity contribution in [3.63, 3.8) is 0 Å². The van der Waals surface area contributed by atoms with Crippen LogP contribution >= 0.6 is 11.6 Å². The van der Waals surface area contributed by atoms with Crippen molar-refractivity contribution >= 4 is 21.6 Å². The van der Waals surface area contributed by atoms with Gasteiger partial charge in [-0.2, -0.15) is 4.31 Å². The zero-order valence-electron chi connectivity index (χ0n) is 18.6. The van der Waals surface area contributed by atoms with E-state index in [9.17, 15) is 13.5 Å². The quantitative estimate of drug-likeness (QED) is 0.415. The normalized spacial score (nSPS) is 12.8. The summed E-state index contributed by atoms with van der Waals surface area (Å²) in [5.41, 5.74) is 4.57. The lowest BCUT2D eigenvalue weighted by Crippen LogP contribution is -2.35. The first-order chi connectivity index (χ1) is 15.3. The van der Waals surface area contributed by atoms with Crippen LogP contribution in [0.2, 0.25) is 5.02 Å². The molecule has 32 heavy (non-hydrogen) atoms. The van der Waals surface area contributed by atoms with E-state index < -0.39 is 16.1 Å². The van der Waals surface area contributed by atoms with E-state index in [4.69, 9.17) is 11.6 Å². The Kier molecular flexibility index (Phi) is 8.06. The molecule has 0 radical (unpaired) electrons. The molecule has 1 aromatic heterocycles. The highest BCUT2D eigenvalue weighted by Crippen LogP contribution is 2.33.